The van der Waals surface area contributed by atoms with Crippen LogP contribution in [-0.2, 0) is 29.3 Å². The molecule has 0 amide bonds. The maximum atomic E-state index is 11.3. The standard InChI is InChI=1S/C8H16N2O5S/c1-9(2)7(5-11)14-16(13)15-8(6-12)10(3)4/h5-8H,1-4H3. The van der Waals surface area contributed by atoms with Gasteiger partial charge in [0.25, 0.3) is 0 Å². The Morgan fingerprint density at radius 2 is 1.25 bits per heavy atom. The Hall–Kier alpha value is -0.670. The number of hydrogen-bond donors (Lipinski definition) is 0. The number of carbonyl (C=O) groups excluding carboxylic acids is 2. The first-order valence-corrected chi connectivity index (χ1v) is 5.41. The molecule has 0 aromatic carbocycles. The lowest BCUT2D eigenvalue weighted by Crippen LogP contribution is -2.37. The highest BCUT2D eigenvalue weighted by Gasteiger charge is 2.20. The fourth-order valence-electron chi connectivity index (χ4n) is 0.645. The van der Waals surface area contributed by atoms with Crippen LogP contribution in [0, 0.1) is 0 Å². The molecule has 0 aliphatic carbocycles. The smallest absolute Gasteiger partial charge is 0.299 e. The predicted molar refractivity (Wildman–Crippen MR) is 57.4 cm³/mol. The maximum absolute atomic E-state index is 11.3. The summed E-state index contributed by atoms with van der Waals surface area (Å²) in [6.45, 7) is 0. The van der Waals surface area contributed by atoms with Crippen LogP contribution in [0.25, 0.3) is 0 Å². The summed E-state index contributed by atoms with van der Waals surface area (Å²) in [4.78, 5) is 23.9. The van der Waals surface area contributed by atoms with Gasteiger partial charge in [-0.25, -0.2) is 8.37 Å². The molecule has 0 N–H and O–H groups in total. The topological polar surface area (TPSA) is 76.1 Å². The van der Waals surface area contributed by atoms with Crippen molar-refractivity contribution in [3.8, 4) is 0 Å². The van der Waals surface area contributed by atoms with E-state index < -0.39 is 23.8 Å². The highest BCUT2D eigenvalue weighted by molar-refractivity contribution is 7.75. The molecular weight excluding hydrogens is 236 g/mol. The largest absolute Gasteiger partial charge is 0.308 e. The van der Waals surface area contributed by atoms with Gasteiger partial charge in [0, 0.05) is 0 Å². The van der Waals surface area contributed by atoms with Crippen molar-refractivity contribution in [2.24, 2.45) is 0 Å². The summed E-state index contributed by atoms with van der Waals surface area (Å²) >= 11 is -2.17. The van der Waals surface area contributed by atoms with Gasteiger partial charge in [-0.2, -0.15) is 4.21 Å². The van der Waals surface area contributed by atoms with Crippen molar-refractivity contribution in [2.75, 3.05) is 28.2 Å². The molecule has 0 heterocycles. The van der Waals surface area contributed by atoms with E-state index in [9.17, 15) is 13.8 Å². The van der Waals surface area contributed by atoms with Crippen LogP contribution in [-0.4, -0.2) is 67.2 Å². The Bertz CT molecular complexity index is 235. The van der Waals surface area contributed by atoms with Crippen molar-refractivity contribution >= 4 is 23.9 Å². The number of hydrogen-bond acceptors (Lipinski definition) is 7. The SMILES string of the molecule is CN(C)C(C=O)OS(=O)OC(C=O)N(C)C. The minimum absolute atomic E-state index is 0.479. The first-order valence-electron chi connectivity index (χ1n) is 4.41. The summed E-state index contributed by atoms with van der Waals surface area (Å²) in [5.41, 5.74) is 0. The second kappa shape index (κ2) is 7.58. The van der Waals surface area contributed by atoms with E-state index in [1.165, 1.54) is 9.80 Å². The van der Waals surface area contributed by atoms with E-state index in [2.05, 4.69) is 0 Å². The van der Waals surface area contributed by atoms with Crippen LogP contribution < -0.4 is 0 Å². The van der Waals surface area contributed by atoms with Crippen molar-refractivity contribution < 1.29 is 22.2 Å². The first kappa shape index (κ1) is 15.3. The van der Waals surface area contributed by atoms with Gasteiger partial charge in [-0.1, -0.05) is 0 Å². The number of nitrogens with zero attached hydrogens (tertiary/aromatic N) is 2. The Kier molecular flexibility index (Phi) is 7.26. The van der Waals surface area contributed by atoms with Gasteiger partial charge in [-0.15, -0.1) is 0 Å². The Balaban J connectivity index is 4.25. The van der Waals surface area contributed by atoms with Crippen molar-refractivity contribution in [1.82, 2.24) is 9.80 Å². The molecule has 0 saturated carbocycles. The maximum Gasteiger partial charge on any atom is 0.308 e. The van der Waals surface area contributed by atoms with Crippen molar-refractivity contribution in [2.45, 2.75) is 12.5 Å². The van der Waals surface area contributed by atoms with Gasteiger partial charge in [0.1, 0.15) is 0 Å². The first-order chi connectivity index (χ1) is 7.42. The second-order valence-electron chi connectivity index (χ2n) is 3.38. The molecule has 0 aromatic heterocycles. The lowest BCUT2D eigenvalue weighted by atomic mass is 10.6. The minimum atomic E-state index is -2.17. The normalized spacial score (nSPS) is 17.1. The third-order valence-corrected chi connectivity index (χ3v) is 2.31. The predicted octanol–water partition coefficient (Wildman–Crippen LogP) is -1.23. The highest BCUT2D eigenvalue weighted by atomic mass is 32.2. The summed E-state index contributed by atoms with van der Waals surface area (Å²) in [7, 11) is 6.33. The highest BCUT2D eigenvalue weighted by Crippen LogP contribution is 2.02. The van der Waals surface area contributed by atoms with Crippen molar-refractivity contribution in [3.05, 3.63) is 0 Å². The molecule has 0 saturated heterocycles. The van der Waals surface area contributed by atoms with Crippen LogP contribution in [0.3, 0.4) is 0 Å². The zero-order chi connectivity index (χ0) is 12.7. The molecule has 0 bridgehead atoms. The monoisotopic (exact) mass is 252 g/mol. The zero-order valence-corrected chi connectivity index (χ0v) is 10.5. The molecule has 2 atom stereocenters. The molecule has 0 fully saturated rings. The molecule has 0 aromatic rings. The molecule has 0 aliphatic rings. The van der Waals surface area contributed by atoms with E-state index in [1.807, 2.05) is 0 Å². The number of rotatable bonds is 8. The van der Waals surface area contributed by atoms with Gasteiger partial charge < -0.3 is 0 Å². The number of likely N-dealkylation sites (N-methyl/N-ethyl adjacent to an activating group) is 2. The fourth-order valence-corrected chi connectivity index (χ4v) is 1.45. The molecule has 2 unspecified atom stereocenters. The van der Waals surface area contributed by atoms with Crippen LogP contribution in [0.2, 0.25) is 0 Å². The van der Waals surface area contributed by atoms with Gasteiger partial charge in [-0.05, 0) is 28.2 Å². The molecule has 16 heavy (non-hydrogen) atoms. The average molecular weight is 252 g/mol. The Morgan fingerprint density at radius 1 is 0.938 bits per heavy atom. The summed E-state index contributed by atoms with van der Waals surface area (Å²) < 4.78 is 20.8. The Labute approximate surface area is 97.2 Å². The summed E-state index contributed by atoms with van der Waals surface area (Å²) in [5.74, 6) is 0. The summed E-state index contributed by atoms with van der Waals surface area (Å²) in [5, 5.41) is 0. The van der Waals surface area contributed by atoms with Crippen molar-refractivity contribution in [3.63, 3.8) is 0 Å². The van der Waals surface area contributed by atoms with E-state index in [1.54, 1.807) is 28.2 Å². The third kappa shape index (κ3) is 5.42. The molecular formula is C8H16N2O5S. The quantitative estimate of drug-likeness (QED) is 0.395. The molecule has 0 aliphatic heterocycles. The van der Waals surface area contributed by atoms with Crippen LogP contribution in [0.15, 0.2) is 0 Å². The Morgan fingerprint density at radius 3 is 1.44 bits per heavy atom. The van der Waals surface area contributed by atoms with Crippen LogP contribution in [0.4, 0.5) is 0 Å². The third-order valence-electron chi connectivity index (χ3n) is 1.61. The molecule has 0 radical (unpaired) electrons. The van der Waals surface area contributed by atoms with Gasteiger partial charge in [0.05, 0.1) is 0 Å². The molecule has 94 valence electrons. The van der Waals surface area contributed by atoms with E-state index in [0.717, 1.165) is 0 Å². The van der Waals surface area contributed by atoms with E-state index >= 15 is 0 Å². The fraction of sp³-hybridized carbons (Fsp3) is 0.750. The summed E-state index contributed by atoms with van der Waals surface area (Å²) in [6.07, 6.45) is -0.995. The van der Waals surface area contributed by atoms with E-state index in [4.69, 9.17) is 8.37 Å². The lowest BCUT2D eigenvalue weighted by Gasteiger charge is -2.20. The van der Waals surface area contributed by atoms with Crippen LogP contribution in [0.5, 0.6) is 0 Å². The number of aldehydes is 2. The number of carbonyl (C=O) groups is 2. The molecule has 0 spiro atoms. The average Bonchev–Trinajstić information content (AvgIpc) is 2.21. The molecule has 7 nitrogen and oxygen atoms in total. The van der Waals surface area contributed by atoms with Gasteiger partial charge >= 0.3 is 11.4 Å². The molecule has 8 heteroatoms. The molecule has 0 rings (SSSR count). The zero-order valence-electron chi connectivity index (χ0n) is 9.65. The van der Waals surface area contributed by atoms with Gasteiger partial charge in [0.15, 0.2) is 25.0 Å². The minimum Gasteiger partial charge on any atom is -0.299 e. The lowest BCUT2D eigenvalue weighted by molar-refractivity contribution is -0.121. The van der Waals surface area contributed by atoms with E-state index in [-0.39, 0.29) is 0 Å². The van der Waals surface area contributed by atoms with Crippen LogP contribution >= 0.6 is 0 Å². The summed E-state index contributed by atoms with van der Waals surface area (Å²) in [6, 6.07) is 0. The van der Waals surface area contributed by atoms with Gasteiger partial charge in [-0.3, -0.25) is 19.4 Å². The van der Waals surface area contributed by atoms with Crippen LogP contribution in [0.1, 0.15) is 0 Å². The van der Waals surface area contributed by atoms with Crippen molar-refractivity contribution in [1.29, 1.82) is 0 Å². The van der Waals surface area contributed by atoms with Gasteiger partial charge in [0.2, 0.25) is 0 Å². The second-order valence-corrected chi connectivity index (χ2v) is 4.17. The van der Waals surface area contributed by atoms with E-state index in [0.29, 0.717) is 12.6 Å².